The zero-order valence-electron chi connectivity index (χ0n) is 4.86. The van der Waals surface area contributed by atoms with Crippen molar-refractivity contribution in [1.82, 2.24) is 9.38 Å². The van der Waals surface area contributed by atoms with Gasteiger partial charge in [-0.3, -0.25) is 0 Å². The minimum absolute atomic E-state index is 1.19. The Morgan fingerprint density at radius 3 is 3.22 bits per heavy atom. The summed E-state index contributed by atoms with van der Waals surface area (Å²) in [5.41, 5.74) is 1.19. The van der Waals surface area contributed by atoms with Gasteiger partial charge in [-0.1, -0.05) is 0 Å². The van der Waals surface area contributed by atoms with Crippen molar-refractivity contribution in [2.24, 2.45) is 0 Å². The largest absolute Gasteiger partial charge is 0.308 e. The Balaban J connectivity index is 2.95. The van der Waals surface area contributed by atoms with E-state index in [1.54, 1.807) is 12.5 Å². The molecule has 0 aromatic carbocycles. The Hall–Kier alpha value is -1.31. The highest BCUT2D eigenvalue weighted by molar-refractivity contribution is 5.45. The van der Waals surface area contributed by atoms with Crippen molar-refractivity contribution >= 4 is 5.52 Å². The molecular formula is C7H6N2. The lowest BCUT2D eigenvalue weighted by Crippen LogP contribution is -1.80. The van der Waals surface area contributed by atoms with E-state index in [-0.39, 0.29) is 0 Å². The van der Waals surface area contributed by atoms with E-state index in [0.717, 1.165) is 0 Å². The third-order valence-corrected chi connectivity index (χ3v) is 1.33. The first-order valence-electron chi connectivity index (χ1n) is 2.83. The molecule has 2 aromatic heterocycles. The predicted molar refractivity (Wildman–Crippen MR) is 35.2 cm³/mol. The molecule has 0 saturated carbocycles. The molecule has 0 N–H and O–H groups in total. The zero-order chi connectivity index (χ0) is 6.10. The molecule has 0 fully saturated rings. The summed E-state index contributed by atoms with van der Waals surface area (Å²) in [5.74, 6) is 0. The standard InChI is InChI=1S/C7H6N2/c1-2-7-3-4-8-6-9(7)5-1/h1-6H. The average molecular weight is 118 g/mol. The molecule has 0 amide bonds. The van der Waals surface area contributed by atoms with Crippen LogP contribution in [0.3, 0.4) is 0 Å². The molecule has 0 aliphatic heterocycles. The predicted octanol–water partition coefficient (Wildman–Crippen LogP) is 1.33. The monoisotopic (exact) mass is 118 g/mol. The second-order valence-electron chi connectivity index (χ2n) is 1.92. The lowest BCUT2D eigenvalue weighted by Gasteiger charge is -1.87. The SMILES string of the molecule is c1cc2ccncn2c1. The molecule has 2 heterocycles. The Morgan fingerprint density at radius 2 is 2.33 bits per heavy atom. The second-order valence-corrected chi connectivity index (χ2v) is 1.92. The van der Waals surface area contributed by atoms with Crippen molar-refractivity contribution in [3.8, 4) is 0 Å². The molecule has 2 aromatic rings. The summed E-state index contributed by atoms with van der Waals surface area (Å²) in [6, 6.07) is 6.01. The summed E-state index contributed by atoms with van der Waals surface area (Å²) in [4.78, 5) is 3.95. The van der Waals surface area contributed by atoms with E-state index >= 15 is 0 Å². The van der Waals surface area contributed by atoms with Gasteiger partial charge in [0, 0.05) is 17.9 Å². The number of fused-ring (bicyclic) bond motifs is 1. The van der Waals surface area contributed by atoms with Gasteiger partial charge >= 0.3 is 0 Å². The first-order chi connectivity index (χ1) is 4.47. The summed E-state index contributed by atoms with van der Waals surface area (Å²) in [5, 5.41) is 0. The highest BCUT2D eigenvalue weighted by Gasteiger charge is 1.84. The normalized spacial score (nSPS) is 10.2. The van der Waals surface area contributed by atoms with Gasteiger partial charge in [-0.2, -0.15) is 0 Å². The van der Waals surface area contributed by atoms with Crippen LogP contribution >= 0.6 is 0 Å². The number of aromatic nitrogens is 2. The number of hydrogen-bond acceptors (Lipinski definition) is 1. The van der Waals surface area contributed by atoms with E-state index in [1.165, 1.54) is 5.52 Å². The molecule has 0 aliphatic carbocycles. The molecule has 0 unspecified atom stereocenters. The van der Waals surface area contributed by atoms with Crippen molar-refractivity contribution in [1.29, 1.82) is 0 Å². The maximum Gasteiger partial charge on any atom is 0.0990 e. The first-order valence-corrected chi connectivity index (χ1v) is 2.83. The van der Waals surface area contributed by atoms with Gasteiger partial charge in [0.25, 0.3) is 0 Å². The fraction of sp³-hybridized carbons (Fsp3) is 0. The van der Waals surface area contributed by atoms with E-state index in [0.29, 0.717) is 0 Å². The van der Waals surface area contributed by atoms with Gasteiger partial charge in [-0.25, -0.2) is 4.98 Å². The van der Waals surface area contributed by atoms with Crippen molar-refractivity contribution in [3.63, 3.8) is 0 Å². The Morgan fingerprint density at radius 1 is 1.33 bits per heavy atom. The van der Waals surface area contributed by atoms with Crippen LogP contribution in [0.25, 0.3) is 5.52 Å². The van der Waals surface area contributed by atoms with Crippen molar-refractivity contribution in [3.05, 3.63) is 36.9 Å². The average Bonchev–Trinajstić information content (AvgIpc) is 2.33. The highest BCUT2D eigenvalue weighted by atomic mass is 14.9. The molecule has 44 valence electrons. The molecule has 2 nitrogen and oxygen atoms in total. The molecular weight excluding hydrogens is 112 g/mol. The zero-order valence-corrected chi connectivity index (χ0v) is 4.86. The fourth-order valence-electron chi connectivity index (χ4n) is 0.883. The smallest absolute Gasteiger partial charge is 0.0990 e. The summed E-state index contributed by atoms with van der Waals surface area (Å²) in [6.45, 7) is 0. The van der Waals surface area contributed by atoms with Gasteiger partial charge in [0.15, 0.2) is 0 Å². The molecule has 0 bridgehead atoms. The van der Waals surface area contributed by atoms with Crippen LogP contribution in [-0.2, 0) is 0 Å². The maximum absolute atomic E-state index is 3.95. The highest BCUT2D eigenvalue weighted by Crippen LogP contribution is 1.99. The van der Waals surface area contributed by atoms with Crippen LogP contribution in [0.5, 0.6) is 0 Å². The van der Waals surface area contributed by atoms with Crippen LogP contribution in [0.4, 0.5) is 0 Å². The Kier molecular flexibility index (Phi) is 0.803. The van der Waals surface area contributed by atoms with E-state index < -0.39 is 0 Å². The van der Waals surface area contributed by atoms with Crippen LogP contribution in [-0.4, -0.2) is 9.38 Å². The van der Waals surface area contributed by atoms with Crippen LogP contribution in [0.1, 0.15) is 0 Å². The number of nitrogens with zero attached hydrogens (tertiary/aromatic N) is 2. The van der Waals surface area contributed by atoms with Crippen molar-refractivity contribution in [2.75, 3.05) is 0 Å². The third-order valence-electron chi connectivity index (χ3n) is 1.33. The third kappa shape index (κ3) is 0.598. The van der Waals surface area contributed by atoms with Crippen LogP contribution < -0.4 is 0 Å². The van der Waals surface area contributed by atoms with E-state index in [2.05, 4.69) is 4.98 Å². The first kappa shape index (κ1) is 4.56. The summed E-state index contributed by atoms with van der Waals surface area (Å²) in [7, 11) is 0. The quantitative estimate of drug-likeness (QED) is 0.510. The lowest BCUT2D eigenvalue weighted by atomic mass is 10.5. The molecule has 0 spiro atoms. The minimum atomic E-state index is 1.19. The molecule has 9 heavy (non-hydrogen) atoms. The van der Waals surface area contributed by atoms with Gasteiger partial charge in [0.2, 0.25) is 0 Å². The Bertz CT molecular complexity index is 281. The van der Waals surface area contributed by atoms with Crippen LogP contribution in [0, 0.1) is 0 Å². The van der Waals surface area contributed by atoms with Crippen molar-refractivity contribution < 1.29 is 0 Å². The molecule has 0 aliphatic rings. The second kappa shape index (κ2) is 1.58. The van der Waals surface area contributed by atoms with Crippen molar-refractivity contribution in [2.45, 2.75) is 0 Å². The number of rotatable bonds is 0. The maximum atomic E-state index is 3.95. The van der Waals surface area contributed by atoms with Gasteiger partial charge in [-0.15, -0.1) is 0 Å². The topological polar surface area (TPSA) is 17.3 Å². The summed E-state index contributed by atoms with van der Waals surface area (Å²) < 4.78 is 1.97. The van der Waals surface area contributed by atoms with Gasteiger partial charge < -0.3 is 4.40 Å². The fourth-order valence-corrected chi connectivity index (χ4v) is 0.883. The van der Waals surface area contributed by atoms with Crippen LogP contribution in [0.2, 0.25) is 0 Å². The van der Waals surface area contributed by atoms with Gasteiger partial charge in [-0.05, 0) is 18.2 Å². The minimum Gasteiger partial charge on any atom is -0.308 e. The number of hydrogen-bond donors (Lipinski definition) is 0. The molecule has 0 saturated heterocycles. The van der Waals surface area contributed by atoms with E-state index in [1.807, 2.05) is 28.8 Å². The summed E-state index contributed by atoms with van der Waals surface area (Å²) in [6.07, 6.45) is 5.55. The van der Waals surface area contributed by atoms with Gasteiger partial charge in [0.05, 0.1) is 6.33 Å². The molecule has 0 radical (unpaired) electrons. The van der Waals surface area contributed by atoms with E-state index in [4.69, 9.17) is 0 Å². The van der Waals surface area contributed by atoms with Crippen LogP contribution in [0.15, 0.2) is 36.9 Å². The van der Waals surface area contributed by atoms with Gasteiger partial charge in [0.1, 0.15) is 0 Å². The molecule has 0 atom stereocenters. The van der Waals surface area contributed by atoms with E-state index in [9.17, 15) is 0 Å². The lowest BCUT2D eigenvalue weighted by molar-refractivity contribution is 1.10. The summed E-state index contributed by atoms with van der Waals surface area (Å²) >= 11 is 0. The molecule has 2 rings (SSSR count). The molecule has 2 heteroatoms. The Labute approximate surface area is 52.8 Å².